The summed E-state index contributed by atoms with van der Waals surface area (Å²) in [4.78, 5) is 6.32. The van der Waals surface area contributed by atoms with Gasteiger partial charge in [0.05, 0.1) is 13.2 Å². The standard InChI is InChI=1S/C13H21N3O/c1-13(10-17-8-12(13)14)9-16(2)7-11-3-5-15-6-4-11/h3-6,12H,7-10,14H2,1-2H3. The summed E-state index contributed by atoms with van der Waals surface area (Å²) in [6, 6.07) is 4.23. The highest BCUT2D eigenvalue weighted by molar-refractivity contribution is 5.09. The summed E-state index contributed by atoms with van der Waals surface area (Å²) < 4.78 is 5.46. The second-order valence-electron chi connectivity index (χ2n) is 5.30. The third kappa shape index (κ3) is 3.03. The summed E-state index contributed by atoms with van der Waals surface area (Å²) >= 11 is 0. The maximum atomic E-state index is 6.09. The van der Waals surface area contributed by atoms with Crippen LogP contribution in [-0.2, 0) is 11.3 Å². The van der Waals surface area contributed by atoms with E-state index in [9.17, 15) is 0 Å². The fourth-order valence-corrected chi connectivity index (χ4v) is 2.36. The molecule has 1 aromatic heterocycles. The Hall–Kier alpha value is -0.970. The Morgan fingerprint density at radius 1 is 1.53 bits per heavy atom. The molecule has 0 radical (unpaired) electrons. The van der Waals surface area contributed by atoms with Gasteiger partial charge in [0.25, 0.3) is 0 Å². The fraction of sp³-hybridized carbons (Fsp3) is 0.615. The number of pyridine rings is 1. The molecule has 0 aromatic carbocycles. The van der Waals surface area contributed by atoms with Crippen LogP contribution in [0, 0.1) is 5.41 Å². The number of hydrogen-bond acceptors (Lipinski definition) is 4. The van der Waals surface area contributed by atoms with E-state index in [2.05, 4.69) is 23.9 Å². The van der Waals surface area contributed by atoms with E-state index in [4.69, 9.17) is 10.5 Å². The van der Waals surface area contributed by atoms with Crippen molar-refractivity contribution in [2.75, 3.05) is 26.8 Å². The molecule has 4 nitrogen and oxygen atoms in total. The summed E-state index contributed by atoms with van der Waals surface area (Å²) in [5.74, 6) is 0. The predicted molar refractivity (Wildman–Crippen MR) is 67.5 cm³/mol. The molecule has 0 saturated carbocycles. The van der Waals surface area contributed by atoms with Crippen LogP contribution in [0.1, 0.15) is 12.5 Å². The number of hydrogen-bond donors (Lipinski definition) is 1. The molecule has 1 aromatic rings. The second kappa shape index (κ2) is 5.12. The Kier molecular flexibility index (Phi) is 3.76. The van der Waals surface area contributed by atoms with Gasteiger partial charge in [0.15, 0.2) is 0 Å². The fourth-order valence-electron chi connectivity index (χ4n) is 2.36. The minimum absolute atomic E-state index is 0.0712. The van der Waals surface area contributed by atoms with Crippen molar-refractivity contribution >= 4 is 0 Å². The molecule has 2 unspecified atom stereocenters. The lowest BCUT2D eigenvalue weighted by molar-refractivity contribution is 0.128. The smallest absolute Gasteiger partial charge is 0.0624 e. The van der Waals surface area contributed by atoms with E-state index in [0.717, 1.165) is 19.7 Å². The largest absolute Gasteiger partial charge is 0.379 e. The van der Waals surface area contributed by atoms with Crippen molar-refractivity contribution in [2.24, 2.45) is 11.1 Å². The van der Waals surface area contributed by atoms with Gasteiger partial charge in [-0.25, -0.2) is 0 Å². The molecule has 94 valence electrons. The third-order valence-corrected chi connectivity index (χ3v) is 3.46. The molecule has 0 spiro atoms. The maximum absolute atomic E-state index is 6.09. The van der Waals surface area contributed by atoms with Gasteiger partial charge in [0.1, 0.15) is 0 Å². The summed E-state index contributed by atoms with van der Waals surface area (Å²) in [6.07, 6.45) is 3.66. The molecule has 2 rings (SSSR count). The van der Waals surface area contributed by atoms with Gasteiger partial charge in [-0.3, -0.25) is 4.98 Å². The zero-order valence-corrected chi connectivity index (χ0v) is 10.6. The Morgan fingerprint density at radius 3 is 2.82 bits per heavy atom. The molecule has 1 aliphatic rings. The summed E-state index contributed by atoms with van der Waals surface area (Å²) in [7, 11) is 2.12. The second-order valence-corrected chi connectivity index (χ2v) is 5.30. The van der Waals surface area contributed by atoms with Gasteiger partial charge in [-0.15, -0.1) is 0 Å². The predicted octanol–water partition coefficient (Wildman–Crippen LogP) is 0.877. The first-order valence-electron chi connectivity index (χ1n) is 6.01. The summed E-state index contributed by atoms with van der Waals surface area (Å²) in [5.41, 5.74) is 7.44. The molecule has 17 heavy (non-hydrogen) atoms. The average Bonchev–Trinajstić information content (AvgIpc) is 2.60. The van der Waals surface area contributed by atoms with E-state index in [1.54, 1.807) is 0 Å². The quantitative estimate of drug-likeness (QED) is 0.841. The first-order valence-corrected chi connectivity index (χ1v) is 6.01. The van der Waals surface area contributed by atoms with Crippen LogP contribution in [0.2, 0.25) is 0 Å². The highest BCUT2D eigenvalue weighted by Crippen LogP contribution is 2.28. The highest BCUT2D eigenvalue weighted by Gasteiger charge is 2.38. The van der Waals surface area contributed by atoms with Gasteiger partial charge in [0, 0.05) is 36.9 Å². The van der Waals surface area contributed by atoms with Crippen molar-refractivity contribution in [1.29, 1.82) is 0 Å². The normalized spacial score (nSPS) is 28.8. The van der Waals surface area contributed by atoms with E-state index < -0.39 is 0 Å². The zero-order chi connectivity index (χ0) is 12.3. The van der Waals surface area contributed by atoms with Crippen molar-refractivity contribution in [2.45, 2.75) is 19.5 Å². The van der Waals surface area contributed by atoms with Gasteiger partial charge >= 0.3 is 0 Å². The van der Waals surface area contributed by atoms with Gasteiger partial charge < -0.3 is 15.4 Å². The van der Waals surface area contributed by atoms with Crippen LogP contribution in [0.15, 0.2) is 24.5 Å². The monoisotopic (exact) mass is 235 g/mol. The minimum atomic E-state index is 0.0712. The minimum Gasteiger partial charge on any atom is -0.379 e. The first-order chi connectivity index (χ1) is 8.10. The molecule has 4 heteroatoms. The molecule has 0 bridgehead atoms. The topological polar surface area (TPSA) is 51.4 Å². The summed E-state index contributed by atoms with van der Waals surface area (Å²) in [5, 5.41) is 0. The number of nitrogens with two attached hydrogens (primary N) is 1. The molecular formula is C13H21N3O. The van der Waals surface area contributed by atoms with Crippen LogP contribution >= 0.6 is 0 Å². The van der Waals surface area contributed by atoms with Crippen LogP contribution in [-0.4, -0.2) is 42.7 Å². The maximum Gasteiger partial charge on any atom is 0.0624 e. The average molecular weight is 235 g/mol. The molecule has 0 amide bonds. The van der Waals surface area contributed by atoms with Crippen molar-refractivity contribution < 1.29 is 4.74 Å². The third-order valence-electron chi connectivity index (χ3n) is 3.46. The lowest BCUT2D eigenvalue weighted by Crippen LogP contribution is -2.45. The van der Waals surface area contributed by atoms with Gasteiger partial charge in [-0.2, -0.15) is 0 Å². The SMILES string of the molecule is CN(Cc1ccncc1)CC1(C)COCC1N. The van der Waals surface area contributed by atoms with E-state index in [1.165, 1.54) is 5.56 Å². The lowest BCUT2D eigenvalue weighted by atomic mass is 9.85. The van der Waals surface area contributed by atoms with Gasteiger partial charge in [0.2, 0.25) is 0 Å². The lowest BCUT2D eigenvalue weighted by Gasteiger charge is -2.32. The molecule has 1 aliphatic heterocycles. The summed E-state index contributed by atoms with van der Waals surface area (Å²) in [6.45, 7) is 5.52. The molecule has 2 atom stereocenters. The number of aromatic nitrogens is 1. The van der Waals surface area contributed by atoms with Crippen molar-refractivity contribution in [1.82, 2.24) is 9.88 Å². The van der Waals surface area contributed by atoms with Crippen LogP contribution in [0.3, 0.4) is 0 Å². The van der Waals surface area contributed by atoms with E-state index >= 15 is 0 Å². The number of ether oxygens (including phenoxy) is 1. The Balaban J connectivity index is 1.91. The van der Waals surface area contributed by atoms with Crippen LogP contribution in [0.4, 0.5) is 0 Å². The van der Waals surface area contributed by atoms with E-state index in [0.29, 0.717) is 6.61 Å². The molecule has 2 N–H and O–H groups in total. The van der Waals surface area contributed by atoms with Gasteiger partial charge in [-0.05, 0) is 24.7 Å². The van der Waals surface area contributed by atoms with Crippen molar-refractivity contribution in [3.63, 3.8) is 0 Å². The van der Waals surface area contributed by atoms with E-state index in [-0.39, 0.29) is 11.5 Å². The number of rotatable bonds is 4. The van der Waals surface area contributed by atoms with Crippen LogP contribution in [0.5, 0.6) is 0 Å². The highest BCUT2D eigenvalue weighted by atomic mass is 16.5. The molecule has 1 saturated heterocycles. The van der Waals surface area contributed by atoms with Crippen LogP contribution in [0.25, 0.3) is 0 Å². The van der Waals surface area contributed by atoms with Crippen molar-refractivity contribution in [3.8, 4) is 0 Å². The zero-order valence-electron chi connectivity index (χ0n) is 10.6. The molecule has 0 aliphatic carbocycles. The van der Waals surface area contributed by atoms with E-state index in [1.807, 2.05) is 24.5 Å². The molecule has 2 heterocycles. The van der Waals surface area contributed by atoms with Crippen molar-refractivity contribution in [3.05, 3.63) is 30.1 Å². The number of nitrogens with zero attached hydrogens (tertiary/aromatic N) is 2. The Labute approximate surface area is 103 Å². The Morgan fingerprint density at radius 2 is 2.24 bits per heavy atom. The first kappa shape index (κ1) is 12.5. The molecular weight excluding hydrogens is 214 g/mol. The Bertz CT molecular complexity index is 357. The van der Waals surface area contributed by atoms with Gasteiger partial charge in [-0.1, -0.05) is 6.92 Å². The molecule has 1 fully saturated rings. The van der Waals surface area contributed by atoms with Crippen LogP contribution < -0.4 is 5.73 Å².